The van der Waals surface area contributed by atoms with Crippen LogP contribution in [0.4, 0.5) is 13.2 Å². The fourth-order valence-electron chi connectivity index (χ4n) is 1.82. The molecule has 1 aromatic rings. The van der Waals surface area contributed by atoms with Gasteiger partial charge in [-0.25, -0.2) is 0 Å². The average Bonchev–Trinajstić information content (AvgIpc) is 2.85. The number of carbonyl (C=O) groups is 1. The van der Waals surface area contributed by atoms with Crippen molar-refractivity contribution in [1.29, 1.82) is 0 Å². The van der Waals surface area contributed by atoms with Crippen LogP contribution in [0.15, 0.2) is 4.52 Å². The van der Waals surface area contributed by atoms with Crippen LogP contribution in [-0.4, -0.2) is 65.0 Å². The van der Waals surface area contributed by atoms with Gasteiger partial charge in [-0.1, -0.05) is 12.1 Å². The summed E-state index contributed by atoms with van der Waals surface area (Å²) < 4.78 is 41.9. The highest BCUT2D eigenvalue weighted by Gasteiger charge is 2.31. The molecule has 0 aliphatic rings. The van der Waals surface area contributed by atoms with Crippen LogP contribution in [-0.2, 0) is 11.3 Å². The van der Waals surface area contributed by atoms with Gasteiger partial charge < -0.3 is 9.42 Å². The zero-order chi connectivity index (χ0) is 17.6. The minimum atomic E-state index is -4.41. The Kier molecular flexibility index (Phi) is 7.33. The summed E-state index contributed by atoms with van der Waals surface area (Å²) in [7, 11) is 2.73. The van der Waals surface area contributed by atoms with Crippen LogP contribution in [0.1, 0.15) is 30.8 Å². The molecule has 6 nitrogen and oxygen atoms in total. The number of alkyl halides is 3. The lowest BCUT2D eigenvalue weighted by atomic mass is 10.4. The van der Waals surface area contributed by atoms with Crippen LogP contribution in [0.5, 0.6) is 0 Å². The molecule has 0 bridgehead atoms. The van der Waals surface area contributed by atoms with Crippen molar-refractivity contribution in [2.24, 2.45) is 0 Å². The van der Waals surface area contributed by atoms with Gasteiger partial charge in [-0.15, -0.1) is 0 Å². The molecule has 0 saturated carbocycles. The molecule has 1 heterocycles. The van der Waals surface area contributed by atoms with Crippen LogP contribution in [0.25, 0.3) is 0 Å². The van der Waals surface area contributed by atoms with Gasteiger partial charge in [0.2, 0.25) is 11.8 Å². The standard InChI is InChI=1S/C13H21F3N4O2S/c1-5-23-9(2)12-17-10(22-18-12)6-19(3)7-11(21)20(4)8-13(14,15)16/h9H,5-8H2,1-4H3/t9-/m1/s1. The maximum absolute atomic E-state index is 12.2. The number of hydrogen-bond acceptors (Lipinski definition) is 6. The minimum Gasteiger partial charge on any atom is -0.338 e. The summed E-state index contributed by atoms with van der Waals surface area (Å²) >= 11 is 1.67. The van der Waals surface area contributed by atoms with E-state index >= 15 is 0 Å². The lowest BCUT2D eigenvalue weighted by Crippen LogP contribution is -2.41. The van der Waals surface area contributed by atoms with Gasteiger partial charge >= 0.3 is 6.18 Å². The van der Waals surface area contributed by atoms with E-state index in [9.17, 15) is 18.0 Å². The highest BCUT2D eigenvalue weighted by molar-refractivity contribution is 7.99. The van der Waals surface area contributed by atoms with E-state index in [0.29, 0.717) is 16.6 Å². The molecular formula is C13H21F3N4O2S. The summed E-state index contributed by atoms with van der Waals surface area (Å²) in [6.07, 6.45) is -4.41. The SMILES string of the molecule is CCS[C@H](C)c1noc(CN(C)CC(=O)N(C)CC(F)(F)F)n1. The Bertz CT molecular complexity index is 510. The third kappa shape index (κ3) is 7.21. The summed E-state index contributed by atoms with van der Waals surface area (Å²) in [4.78, 5) is 18.1. The zero-order valence-corrected chi connectivity index (χ0v) is 14.4. The van der Waals surface area contributed by atoms with E-state index in [1.165, 1.54) is 4.90 Å². The third-order valence-electron chi connectivity index (χ3n) is 2.92. The van der Waals surface area contributed by atoms with Crippen LogP contribution in [0.3, 0.4) is 0 Å². The number of rotatable bonds is 8. The number of likely N-dealkylation sites (N-methyl/N-ethyl adjacent to an activating group) is 2. The maximum atomic E-state index is 12.2. The molecule has 23 heavy (non-hydrogen) atoms. The van der Waals surface area contributed by atoms with Crippen molar-refractivity contribution in [2.75, 3.05) is 32.9 Å². The molecule has 1 aromatic heterocycles. The zero-order valence-electron chi connectivity index (χ0n) is 13.6. The minimum absolute atomic E-state index is 0.0994. The van der Waals surface area contributed by atoms with Crippen molar-refractivity contribution in [3.63, 3.8) is 0 Å². The number of aromatic nitrogens is 2. The second-order valence-electron chi connectivity index (χ2n) is 5.18. The largest absolute Gasteiger partial charge is 0.406 e. The van der Waals surface area contributed by atoms with E-state index in [1.54, 1.807) is 18.8 Å². The van der Waals surface area contributed by atoms with Gasteiger partial charge in [-0.2, -0.15) is 29.9 Å². The number of amides is 1. The van der Waals surface area contributed by atoms with Crippen molar-refractivity contribution in [3.05, 3.63) is 11.7 Å². The van der Waals surface area contributed by atoms with Gasteiger partial charge in [0.1, 0.15) is 6.54 Å². The summed E-state index contributed by atoms with van der Waals surface area (Å²) in [5.74, 6) is 1.20. The Morgan fingerprint density at radius 2 is 2.04 bits per heavy atom. The molecule has 1 amide bonds. The summed E-state index contributed by atoms with van der Waals surface area (Å²) in [6.45, 7) is 2.75. The van der Waals surface area contributed by atoms with Crippen LogP contribution in [0.2, 0.25) is 0 Å². The summed E-state index contributed by atoms with van der Waals surface area (Å²) in [5.41, 5.74) is 0. The van der Waals surface area contributed by atoms with Gasteiger partial charge in [0.15, 0.2) is 5.82 Å². The predicted molar refractivity (Wildman–Crippen MR) is 80.9 cm³/mol. The molecule has 132 valence electrons. The molecule has 1 atom stereocenters. The Hall–Kier alpha value is -1.29. The van der Waals surface area contributed by atoms with Gasteiger partial charge in [-0.05, 0) is 19.7 Å². The molecule has 0 unspecified atom stereocenters. The molecular weight excluding hydrogens is 333 g/mol. The lowest BCUT2D eigenvalue weighted by Gasteiger charge is -2.21. The molecule has 0 radical (unpaired) electrons. The highest BCUT2D eigenvalue weighted by atomic mass is 32.2. The van der Waals surface area contributed by atoms with Crippen LogP contribution >= 0.6 is 11.8 Å². The molecule has 1 rings (SSSR count). The van der Waals surface area contributed by atoms with Crippen molar-refractivity contribution in [2.45, 2.75) is 31.8 Å². The van der Waals surface area contributed by atoms with Crippen molar-refractivity contribution in [1.82, 2.24) is 19.9 Å². The number of halogens is 3. The van der Waals surface area contributed by atoms with E-state index in [-0.39, 0.29) is 18.3 Å². The first-order chi connectivity index (χ1) is 10.6. The maximum Gasteiger partial charge on any atom is 0.406 e. The van der Waals surface area contributed by atoms with Crippen molar-refractivity contribution >= 4 is 17.7 Å². The molecule has 0 N–H and O–H groups in total. The second kappa shape index (κ2) is 8.53. The van der Waals surface area contributed by atoms with Crippen LogP contribution in [0, 0.1) is 0 Å². The summed E-state index contributed by atoms with van der Waals surface area (Å²) in [6, 6.07) is 0. The monoisotopic (exact) mass is 354 g/mol. The number of carbonyl (C=O) groups excluding carboxylic acids is 1. The molecule has 0 aliphatic carbocycles. The van der Waals surface area contributed by atoms with E-state index in [1.807, 2.05) is 13.8 Å². The molecule has 0 aromatic carbocycles. The normalized spacial score (nSPS) is 13.4. The van der Waals surface area contributed by atoms with Crippen molar-refractivity contribution < 1.29 is 22.5 Å². The smallest absolute Gasteiger partial charge is 0.338 e. The van der Waals surface area contributed by atoms with E-state index in [0.717, 1.165) is 12.8 Å². The van der Waals surface area contributed by atoms with Gasteiger partial charge in [0.25, 0.3) is 0 Å². The average molecular weight is 354 g/mol. The molecule has 0 spiro atoms. The quantitative estimate of drug-likeness (QED) is 0.714. The summed E-state index contributed by atoms with van der Waals surface area (Å²) in [5, 5.41) is 3.97. The van der Waals surface area contributed by atoms with E-state index < -0.39 is 18.6 Å². The molecule has 0 saturated heterocycles. The van der Waals surface area contributed by atoms with E-state index in [2.05, 4.69) is 10.1 Å². The Labute approximate surface area is 137 Å². The predicted octanol–water partition coefficient (Wildman–Crippen LogP) is 2.34. The van der Waals surface area contributed by atoms with E-state index in [4.69, 9.17) is 4.52 Å². The number of thioether (sulfide) groups is 1. The Balaban J connectivity index is 2.50. The molecule has 0 fully saturated rings. The van der Waals surface area contributed by atoms with Crippen molar-refractivity contribution in [3.8, 4) is 0 Å². The first-order valence-corrected chi connectivity index (χ1v) is 8.10. The number of nitrogens with zero attached hydrogens (tertiary/aromatic N) is 4. The second-order valence-corrected chi connectivity index (χ2v) is 6.80. The lowest BCUT2D eigenvalue weighted by molar-refractivity contribution is -0.158. The first-order valence-electron chi connectivity index (χ1n) is 7.05. The molecule has 10 heteroatoms. The fourth-order valence-corrected chi connectivity index (χ4v) is 2.56. The third-order valence-corrected chi connectivity index (χ3v) is 3.96. The molecule has 0 aliphatic heterocycles. The topological polar surface area (TPSA) is 62.5 Å². The fraction of sp³-hybridized carbons (Fsp3) is 0.769. The van der Waals surface area contributed by atoms with Crippen LogP contribution < -0.4 is 0 Å². The first kappa shape index (κ1) is 19.8. The van der Waals surface area contributed by atoms with Gasteiger partial charge in [0.05, 0.1) is 18.3 Å². The number of hydrogen-bond donors (Lipinski definition) is 0. The van der Waals surface area contributed by atoms with Gasteiger partial charge in [0, 0.05) is 7.05 Å². The highest BCUT2D eigenvalue weighted by Crippen LogP contribution is 2.25. The Morgan fingerprint density at radius 3 is 2.61 bits per heavy atom. The Morgan fingerprint density at radius 1 is 1.39 bits per heavy atom. The van der Waals surface area contributed by atoms with Gasteiger partial charge in [-0.3, -0.25) is 9.69 Å².